The number of pyridine rings is 1. The molecule has 1 unspecified atom stereocenters. The first-order valence-electron chi connectivity index (χ1n) is 9.02. The van der Waals surface area contributed by atoms with E-state index in [1.807, 2.05) is 0 Å². The van der Waals surface area contributed by atoms with Gasteiger partial charge in [-0.2, -0.15) is 26.3 Å². The van der Waals surface area contributed by atoms with Crippen molar-refractivity contribution in [2.24, 2.45) is 0 Å². The first-order chi connectivity index (χ1) is 14.4. The highest BCUT2D eigenvalue weighted by Gasteiger charge is 2.58. The van der Waals surface area contributed by atoms with Gasteiger partial charge in [0.05, 0.1) is 12.3 Å². The topological polar surface area (TPSA) is 128 Å². The third-order valence-electron chi connectivity index (χ3n) is 4.44. The molecule has 174 valence electrons. The van der Waals surface area contributed by atoms with Crippen LogP contribution in [0.5, 0.6) is 5.88 Å². The molecule has 1 atom stereocenters. The maximum absolute atomic E-state index is 13.5. The van der Waals surface area contributed by atoms with E-state index in [1.165, 1.54) is 0 Å². The standard InChI is InChI=1S/C16H16F6N4O3.CH4O/c17-15(18,19)8-7-9(23)10-12-25-26-13(29-12)14(27,16(20,21)22)5-3-1-2-4-6-28-11(8)24-10;1-2/h7,27H,1-6,23H2;2H,1H3. The van der Waals surface area contributed by atoms with Gasteiger partial charge in [0.25, 0.3) is 11.8 Å². The summed E-state index contributed by atoms with van der Waals surface area (Å²) in [7, 11) is 1.00. The lowest BCUT2D eigenvalue weighted by molar-refractivity contribution is -0.277. The quantitative estimate of drug-likeness (QED) is 0.513. The predicted molar refractivity (Wildman–Crippen MR) is 93.6 cm³/mol. The zero-order chi connectivity index (χ0) is 23.4. The molecule has 0 radical (unpaired) electrons. The largest absolute Gasteiger partial charge is 0.477 e. The Kier molecular flexibility index (Phi) is 7.36. The minimum atomic E-state index is -5.11. The third-order valence-corrected chi connectivity index (χ3v) is 4.44. The van der Waals surface area contributed by atoms with Crippen molar-refractivity contribution in [1.29, 1.82) is 0 Å². The Bertz CT molecular complexity index is 886. The van der Waals surface area contributed by atoms with Gasteiger partial charge in [-0.1, -0.05) is 12.8 Å². The van der Waals surface area contributed by atoms with E-state index in [0.29, 0.717) is 12.5 Å². The fourth-order valence-corrected chi connectivity index (χ4v) is 2.86. The highest BCUT2D eigenvalue weighted by Crippen LogP contribution is 2.44. The molecule has 0 amide bonds. The average molecular weight is 458 g/mol. The second-order valence-electron chi connectivity index (χ2n) is 6.56. The van der Waals surface area contributed by atoms with Crippen LogP contribution in [0.25, 0.3) is 11.6 Å². The van der Waals surface area contributed by atoms with E-state index in [-0.39, 0.29) is 25.9 Å². The van der Waals surface area contributed by atoms with Crippen molar-refractivity contribution in [1.82, 2.24) is 15.2 Å². The molecule has 0 saturated heterocycles. The lowest BCUT2D eigenvalue weighted by Gasteiger charge is -2.27. The summed E-state index contributed by atoms with van der Waals surface area (Å²) in [6.45, 7) is -0.141. The van der Waals surface area contributed by atoms with Crippen LogP contribution >= 0.6 is 0 Å². The summed E-state index contributed by atoms with van der Waals surface area (Å²) >= 11 is 0. The Balaban J connectivity index is 0.00000166. The van der Waals surface area contributed by atoms with Gasteiger partial charge >= 0.3 is 12.4 Å². The van der Waals surface area contributed by atoms with Crippen LogP contribution in [0.1, 0.15) is 43.6 Å². The highest BCUT2D eigenvalue weighted by atomic mass is 19.4. The first-order valence-corrected chi connectivity index (χ1v) is 9.02. The number of nitrogen functional groups attached to an aromatic ring is 1. The second kappa shape index (κ2) is 9.26. The molecule has 0 fully saturated rings. The van der Waals surface area contributed by atoms with Crippen molar-refractivity contribution < 1.29 is 45.7 Å². The maximum atomic E-state index is 13.5. The fraction of sp³-hybridized carbons (Fsp3) is 0.588. The number of hydrogen-bond donors (Lipinski definition) is 3. The highest BCUT2D eigenvalue weighted by molar-refractivity contribution is 5.68. The molecule has 4 N–H and O–H groups in total. The molecular weight excluding hydrogens is 438 g/mol. The van der Waals surface area contributed by atoms with Gasteiger partial charge in [-0.15, -0.1) is 10.2 Å². The van der Waals surface area contributed by atoms with Crippen molar-refractivity contribution in [2.45, 2.75) is 50.1 Å². The molecule has 14 heteroatoms. The van der Waals surface area contributed by atoms with Crippen LogP contribution in [-0.2, 0) is 11.8 Å². The number of ether oxygens (including phenoxy) is 1. The van der Waals surface area contributed by atoms with Gasteiger partial charge in [-0.25, -0.2) is 4.98 Å². The third kappa shape index (κ3) is 5.18. The van der Waals surface area contributed by atoms with Gasteiger partial charge in [0.2, 0.25) is 11.5 Å². The lowest BCUT2D eigenvalue weighted by Crippen LogP contribution is -2.42. The number of nitrogens with two attached hydrogens (primary N) is 1. The summed E-state index contributed by atoms with van der Waals surface area (Å²) in [6.07, 6.45) is -9.77. The average Bonchev–Trinajstić information content (AvgIpc) is 3.17. The predicted octanol–water partition coefficient (Wildman–Crippen LogP) is 3.43. The van der Waals surface area contributed by atoms with Crippen molar-refractivity contribution >= 4 is 5.69 Å². The van der Waals surface area contributed by atoms with Crippen molar-refractivity contribution in [3.63, 3.8) is 0 Å². The number of alkyl halides is 6. The lowest BCUT2D eigenvalue weighted by atomic mass is 9.95. The van der Waals surface area contributed by atoms with Crippen LogP contribution in [0.3, 0.4) is 0 Å². The van der Waals surface area contributed by atoms with Gasteiger partial charge in [0.15, 0.2) is 5.69 Å². The summed E-state index contributed by atoms with van der Waals surface area (Å²) in [5.74, 6) is -2.61. The van der Waals surface area contributed by atoms with E-state index in [2.05, 4.69) is 15.2 Å². The number of aromatic nitrogens is 3. The monoisotopic (exact) mass is 458 g/mol. The van der Waals surface area contributed by atoms with Gasteiger partial charge in [0, 0.05) is 7.11 Å². The summed E-state index contributed by atoms with van der Waals surface area (Å²) in [6, 6.07) is 0.531. The molecule has 2 aromatic heterocycles. The van der Waals surface area contributed by atoms with Gasteiger partial charge < -0.3 is 25.1 Å². The number of nitrogens with zero attached hydrogens (tertiary/aromatic N) is 3. The van der Waals surface area contributed by atoms with Gasteiger partial charge in [0.1, 0.15) is 5.56 Å². The summed E-state index contributed by atoms with van der Waals surface area (Å²) < 4.78 is 90.3. The van der Waals surface area contributed by atoms with Crippen LogP contribution in [0.2, 0.25) is 0 Å². The molecule has 0 saturated carbocycles. The van der Waals surface area contributed by atoms with E-state index in [4.69, 9.17) is 20.0 Å². The molecule has 0 spiro atoms. The van der Waals surface area contributed by atoms with Gasteiger partial charge in [-0.05, 0) is 25.3 Å². The second-order valence-corrected chi connectivity index (χ2v) is 6.56. The Labute approximate surface area is 172 Å². The van der Waals surface area contributed by atoms with E-state index in [9.17, 15) is 31.4 Å². The summed E-state index contributed by atoms with van der Waals surface area (Å²) in [5.41, 5.74) is -0.0796. The number of halogens is 6. The Morgan fingerprint density at radius 1 is 1.03 bits per heavy atom. The molecule has 3 rings (SSSR count). The smallest absolute Gasteiger partial charge is 0.426 e. The number of fused-ring (bicyclic) bond motifs is 5. The number of rotatable bonds is 0. The Morgan fingerprint density at radius 3 is 2.29 bits per heavy atom. The Hall–Kier alpha value is -2.61. The van der Waals surface area contributed by atoms with Crippen molar-refractivity contribution in [3.8, 4) is 17.5 Å². The zero-order valence-corrected chi connectivity index (χ0v) is 16.2. The summed E-state index contributed by atoms with van der Waals surface area (Å²) in [5, 5.41) is 23.9. The molecule has 4 bridgehead atoms. The summed E-state index contributed by atoms with van der Waals surface area (Å²) in [4.78, 5) is 3.66. The van der Waals surface area contributed by atoms with Gasteiger partial charge in [-0.3, -0.25) is 0 Å². The molecule has 1 aliphatic heterocycles. The van der Waals surface area contributed by atoms with Crippen LogP contribution in [-0.4, -0.2) is 45.3 Å². The molecule has 3 heterocycles. The number of anilines is 1. The van der Waals surface area contributed by atoms with Crippen LogP contribution in [0, 0.1) is 0 Å². The Morgan fingerprint density at radius 2 is 1.68 bits per heavy atom. The SMILES string of the molecule is CO.Nc1cc(C(F)(F)F)c2nc1-c1nnc(o1)C(O)(C(F)(F)F)CCCCCCO2. The van der Waals surface area contributed by atoms with Crippen molar-refractivity contribution in [3.05, 3.63) is 17.5 Å². The first kappa shape index (κ1) is 24.7. The molecule has 8 nitrogen and oxygen atoms in total. The molecule has 2 aromatic rings. The molecule has 31 heavy (non-hydrogen) atoms. The minimum Gasteiger partial charge on any atom is -0.477 e. The normalized spacial score (nSPS) is 20.2. The van der Waals surface area contributed by atoms with Crippen LogP contribution in [0.4, 0.5) is 32.0 Å². The minimum absolute atomic E-state index is 0.0345. The van der Waals surface area contributed by atoms with E-state index in [0.717, 1.165) is 7.11 Å². The fourth-order valence-electron chi connectivity index (χ4n) is 2.86. The van der Waals surface area contributed by atoms with E-state index < -0.39 is 59.0 Å². The van der Waals surface area contributed by atoms with Crippen LogP contribution in [0.15, 0.2) is 10.5 Å². The molecular formula is C17H20F6N4O4. The van der Waals surface area contributed by atoms with E-state index in [1.54, 1.807) is 0 Å². The number of hydrogen-bond acceptors (Lipinski definition) is 8. The van der Waals surface area contributed by atoms with E-state index >= 15 is 0 Å². The maximum Gasteiger partial charge on any atom is 0.426 e. The number of aliphatic hydroxyl groups excluding tert-OH is 1. The number of aliphatic hydroxyl groups is 2. The molecule has 0 aromatic carbocycles. The zero-order valence-electron chi connectivity index (χ0n) is 16.2. The van der Waals surface area contributed by atoms with Crippen molar-refractivity contribution in [2.75, 3.05) is 19.5 Å². The van der Waals surface area contributed by atoms with Crippen LogP contribution < -0.4 is 10.5 Å². The molecule has 0 aliphatic carbocycles. The molecule has 1 aliphatic rings.